The maximum absolute atomic E-state index is 4.54. The normalized spacial score (nSPS) is 12.9. The van der Waals surface area contributed by atoms with E-state index in [-0.39, 0.29) is 0 Å². The van der Waals surface area contributed by atoms with Gasteiger partial charge in [0, 0.05) is 0 Å². The maximum atomic E-state index is 4.54. The Morgan fingerprint density at radius 1 is 1.12 bits per heavy atom. The summed E-state index contributed by atoms with van der Waals surface area (Å²) in [6.45, 7) is 10.9. The van der Waals surface area contributed by atoms with Crippen molar-refractivity contribution in [1.82, 2.24) is 2.89 Å². The van der Waals surface area contributed by atoms with Crippen molar-refractivity contribution in [2.24, 2.45) is 4.99 Å². The number of allylic oxidation sites excluding steroid dienone is 2. The van der Waals surface area contributed by atoms with Crippen LogP contribution in [0.15, 0.2) is 16.8 Å². The molecule has 2 nitrogen and oxygen atoms in total. The monoisotopic (exact) mass is 326 g/mol. The van der Waals surface area contributed by atoms with Crippen LogP contribution in [0.3, 0.4) is 0 Å². The SMILES string of the molecule is CCN=C(/C=C(/CC)[N](CC)[In]([CH3])[CH3])CC. The molecular weight excluding hydrogens is 299 g/mol. The van der Waals surface area contributed by atoms with Crippen LogP contribution in [0, 0.1) is 0 Å². The van der Waals surface area contributed by atoms with Crippen molar-refractivity contribution >= 4 is 27.4 Å². The molecule has 0 saturated carbocycles. The van der Waals surface area contributed by atoms with E-state index in [4.69, 9.17) is 0 Å². The number of nitrogens with zero attached hydrogens (tertiary/aromatic N) is 2. The number of hydrogen-bond acceptors (Lipinski definition) is 2. The number of rotatable bonds is 7. The standard InChI is InChI=1S/C11H21N2.2CH3.In/c1-5-10(12-7-3)9-11(6-2)13-8-4;;;/h9H,5-8H2,1-4H3;2*1H3;/q-1;;;+1/b10-9-,13-11?;;;. The molecule has 0 N–H and O–H groups in total. The Labute approximate surface area is 110 Å². The van der Waals surface area contributed by atoms with Gasteiger partial charge in [-0.25, -0.2) is 0 Å². The van der Waals surface area contributed by atoms with E-state index in [1.54, 1.807) is 0 Å². The fourth-order valence-electron chi connectivity index (χ4n) is 1.94. The molecule has 0 aliphatic rings. The minimum atomic E-state index is -1.41. The molecule has 0 unspecified atom stereocenters. The Hall–Kier alpha value is 0.0801. The fourth-order valence-corrected chi connectivity index (χ4v) is 6.65. The van der Waals surface area contributed by atoms with Crippen molar-refractivity contribution in [3.8, 4) is 0 Å². The second kappa shape index (κ2) is 9.15. The second-order valence-electron chi connectivity index (χ2n) is 4.19. The predicted molar refractivity (Wildman–Crippen MR) is 76.5 cm³/mol. The minimum absolute atomic E-state index is 0.897. The van der Waals surface area contributed by atoms with Gasteiger partial charge in [-0.05, 0) is 0 Å². The average Bonchev–Trinajstić information content (AvgIpc) is 2.26. The topological polar surface area (TPSA) is 15.6 Å². The van der Waals surface area contributed by atoms with Crippen LogP contribution in [0.2, 0.25) is 9.36 Å². The molecule has 0 aromatic heterocycles. The zero-order chi connectivity index (χ0) is 12.6. The first-order chi connectivity index (χ1) is 7.60. The van der Waals surface area contributed by atoms with Crippen LogP contribution in [0.4, 0.5) is 0 Å². The molecule has 0 bridgehead atoms. The molecule has 0 atom stereocenters. The van der Waals surface area contributed by atoms with Gasteiger partial charge in [-0.2, -0.15) is 0 Å². The van der Waals surface area contributed by atoms with Gasteiger partial charge in [0.05, 0.1) is 0 Å². The summed E-state index contributed by atoms with van der Waals surface area (Å²) in [7, 11) is 0. The third-order valence-electron chi connectivity index (χ3n) is 2.75. The van der Waals surface area contributed by atoms with E-state index in [9.17, 15) is 0 Å². The van der Waals surface area contributed by atoms with Crippen molar-refractivity contribution in [2.45, 2.75) is 49.9 Å². The van der Waals surface area contributed by atoms with E-state index in [0.29, 0.717) is 0 Å². The van der Waals surface area contributed by atoms with E-state index in [2.05, 4.69) is 51.0 Å². The van der Waals surface area contributed by atoms with Gasteiger partial charge in [-0.3, -0.25) is 0 Å². The van der Waals surface area contributed by atoms with Gasteiger partial charge in [0.2, 0.25) is 0 Å². The molecule has 0 rings (SSSR count). The third-order valence-corrected chi connectivity index (χ3v) is 8.30. The Balaban J connectivity index is 4.93. The fraction of sp³-hybridized carbons (Fsp3) is 0.769. The van der Waals surface area contributed by atoms with Crippen LogP contribution in [-0.4, -0.2) is 43.4 Å². The van der Waals surface area contributed by atoms with Gasteiger partial charge >= 0.3 is 110 Å². The molecule has 0 aliphatic carbocycles. The van der Waals surface area contributed by atoms with Crippen LogP contribution < -0.4 is 0 Å². The molecule has 3 heteroatoms. The second-order valence-corrected chi connectivity index (χ2v) is 12.2. The summed E-state index contributed by atoms with van der Waals surface area (Å²) in [6.07, 6.45) is 4.50. The molecule has 92 valence electrons. The quantitative estimate of drug-likeness (QED) is 0.651. The molecule has 0 amide bonds. The van der Waals surface area contributed by atoms with E-state index >= 15 is 0 Å². The first kappa shape index (κ1) is 16.1. The van der Waals surface area contributed by atoms with E-state index in [0.717, 1.165) is 25.9 Å². The number of hydrogen-bond donors (Lipinski definition) is 0. The van der Waals surface area contributed by atoms with E-state index in [1.807, 2.05) is 0 Å². The molecule has 0 aromatic rings. The van der Waals surface area contributed by atoms with Crippen molar-refractivity contribution in [1.29, 1.82) is 0 Å². The van der Waals surface area contributed by atoms with Gasteiger partial charge in [0.25, 0.3) is 0 Å². The molecule has 0 aromatic carbocycles. The van der Waals surface area contributed by atoms with E-state index in [1.165, 1.54) is 11.4 Å². The zero-order valence-corrected chi connectivity index (χ0v) is 15.2. The summed E-state index contributed by atoms with van der Waals surface area (Å²) in [5, 5.41) is 0. The van der Waals surface area contributed by atoms with E-state index < -0.39 is 21.7 Å². The van der Waals surface area contributed by atoms with Gasteiger partial charge in [0.1, 0.15) is 0 Å². The number of aliphatic imine (C=N–C) groups is 1. The van der Waals surface area contributed by atoms with Gasteiger partial charge in [-0.15, -0.1) is 0 Å². The predicted octanol–water partition coefficient (Wildman–Crippen LogP) is 3.72. The summed E-state index contributed by atoms with van der Waals surface area (Å²) in [5.74, 6) is 0. The van der Waals surface area contributed by atoms with Gasteiger partial charge < -0.3 is 0 Å². The van der Waals surface area contributed by atoms with Crippen molar-refractivity contribution < 1.29 is 0 Å². The van der Waals surface area contributed by atoms with Crippen LogP contribution in [-0.2, 0) is 0 Å². The van der Waals surface area contributed by atoms with Gasteiger partial charge in [-0.1, -0.05) is 0 Å². The summed E-state index contributed by atoms with van der Waals surface area (Å²) >= 11 is -1.41. The van der Waals surface area contributed by atoms with Crippen molar-refractivity contribution in [3.05, 3.63) is 11.8 Å². The van der Waals surface area contributed by atoms with Crippen LogP contribution >= 0.6 is 0 Å². The summed E-state index contributed by atoms with van der Waals surface area (Å²) in [4.78, 5) is 4.54. The summed E-state index contributed by atoms with van der Waals surface area (Å²) in [6, 6.07) is 0. The Kier molecular flexibility index (Phi) is 9.19. The summed E-state index contributed by atoms with van der Waals surface area (Å²) < 4.78 is 7.57. The molecule has 0 radical (unpaired) electrons. The van der Waals surface area contributed by atoms with Crippen molar-refractivity contribution in [2.75, 3.05) is 13.1 Å². The first-order valence-electron chi connectivity index (χ1n) is 6.61. The average molecular weight is 326 g/mol. The summed E-state index contributed by atoms with van der Waals surface area (Å²) in [5.41, 5.74) is 2.76. The third kappa shape index (κ3) is 5.42. The molecular formula is C13H27InN2. The Morgan fingerprint density at radius 3 is 2.06 bits per heavy atom. The first-order valence-corrected chi connectivity index (χ1v) is 14.7. The van der Waals surface area contributed by atoms with Crippen LogP contribution in [0.25, 0.3) is 0 Å². The van der Waals surface area contributed by atoms with Crippen LogP contribution in [0.5, 0.6) is 0 Å². The molecule has 16 heavy (non-hydrogen) atoms. The molecule has 0 saturated heterocycles. The Morgan fingerprint density at radius 2 is 1.75 bits per heavy atom. The molecule has 0 aliphatic heterocycles. The molecule has 0 fully saturated rings. The zero-order valence-electron chi connectivity index (χ0n) is 11.9. The molecule has 0 spiro atoms. The Bertz CT molecular complexity index is 244. The van der Waals surface area contributed by atoms with Crippen LogP contribution in [0.1, 0.15) is 40.5 Å². The van der Waals surface area contributed by atoms with Gasteiger partial charge in [0.15, 0.2) is 0 Å². The molecule has 0 heterocycles. The van der Waals surface area contributed by atoms with Crippen molar-refractivity contribution in [3.63, 3.8) is 0 Å².